The van der Waals surface area contributed by atoms with Crippen LogP contribution in [0.2, 0.25) is 5.02 Å². The highest BCUT2D eigenvalue weighted by atomic mass is 35.5. The van der Waals surface area contributed by atoms with Gasteiger partial charge in [0.2, 0.25) is 12.7 Å². The molecule has 1 amide bonds. The van der Waals surface area contributed by atoms with E-state index in [9.17, 15) is 4.79 Å². The monoisotopic (exact) mass is 410 g/mol. The lowest BCUT2D eigenvalue weighted by Crippen LogP contribution is -2.16. The second-order valence-electron chi connectivity index (χ2n) is 6.65. The van der Waals surface area contributed by atoms with Gasteiger partial charge in [0, 0.05) is 23.5 Å². The van der Waals surface area contributed by atoms with Gasteiger partial charge in [-0.1, -0.05) is 17.7 Å². The van der Waals surface area contributed by atoms with Crippen molar-refractivity contribution in [2.75, 3.05) is 17.4 Å². The summed E-state index contributed by atoms with van der Waals surface area (Å²) in [6.07, 6.45) is 1.52. The van der Waals surface area contributed by atoms with Crippen LogP contribution in [0.25, 0.3) is 0 Å². The summed E-state index contributed by atoms with van der Waals surface area (Å²) in [7, 11) is 0. The van der Waals surface area contributed by atoms with E-state index < -0.39 is 0 Å². The van der Waals surface area contributed by atoms with Gasteiger partial charge in [-0.05, 0) is 55.3 Å². The second-order valence-corrected chi connectivity index (χ2v) is 7.08. The van der Waals surface area contributed by atoms with Crippen molar-refractivity contribution in [1.29, 1.82) is 0 Å². The Labute approximate surface area is 173 Å². The first-order valence-electron chi connectivity index (χ1n) is 9.03. The zero-order valence-electron chi connectivity index (χ0n) is 16.0. The van der Waals surface area contributed by atoms with Crippen molar-refractivity contribution >= 4 is 29.1 Å². The second kappa shape index (κ2) is 7.97. The van der Waals surface area contributed by atoms with E-state index in [4.69, 9.17) is 21.1 Å². The van der Waals surface area contributed by atoms with Gasteiger partial charge in [-0.3, -0.25) is 4.79 Å². The van der Waals surface area contributed by atoms with Gasteiger partial charge in [-0.25, -0.2) is 9.97 Å². The Bertz CT molecular complexity index is 1090. The number of carbonyl (C=O) groups is 1. The fourth-order valence-corrected chi connectivity index (χ4v) is 3.19. The van der Waals surface area contributed by atoms with E-state index in [0.29, 0.717) is 34.5 Å². The third-order valence-electron chi connectivity index (χ3n) is 4.55. The predicted molar refractivity (Wildman–Crippen MR) is 111 cm³/mol. The molecule has 4 rings (SSSR count). The zero-order chi connectivity index (χ0) is 20.4. The quantitative estimate of drug-likeness (QED) is 0.650. The number of hydrogen-bond donors (Lipinski definition) is 2. The highest BCUT2D eigenvalue weighted by molar-refractivity contribution is 6.30. The molecular weight excluding hydrogens is 392 g/mol. The highest BCUT2D eigenvalue weighted by Crippen LogP contribution is 2.32. The van der Waals surface area contributed by atoms with Crippen molar-refractivity contribution in [1.82, 2.24) is 9.97 Å². The number of anilines is 2. The zero-order valence-corrected chi connectivity index (χ0v) is 16.7. The Morgan fingerprint density at radius 2 is 1.97 bits per heavy atom. The van der Waals surface area contributed by atoms with Crippen LogP contribution in [-0.4, -0.2) is 22.7 Å². The van der Waals surface area contributed by atoms with Crippen LogP contribution in [0.15, 0.2) is 42.6 Å². The topological polar surface area (TPSA) is 85.4 Å². The summed E-state index contributed by atoms with van der Waals surface area (Å²) < 4.78 is 10.7. The van der Waals surface area contributed by atoms with E-state index >= 15 is 0 Å². The Morgan fingerprint density at radius 1 is 1.14 bits per heavy atom. The minimum atomic E-state index is -0.268. The molecule has 0 atom stereocenters. The molecule has 0 fully saturated rings. The van der Waals surface area contributed by atoms with Crippen LogP contribution in [0, 0.1) is 13.8 Å². The molecule has 1 aliphatic heterocycles. The average molecular weight is 411 g/mol. The molecule has 2 heterocycles. The van der Waals surface area contributed by atoms with Crippen LogP contribution in [0.1, 0.15) is 27.2 Å². The Balaban J connectivity index is 1.42. The first-order chi connectivity index (χ1) is 14.0. The normalized spacial score (nSPS) is 12.0. The first kappa shape index (κ1) is 19.0. The maximum Gasteiger partial charge on any atom is 0.259 e. The van der Waals surface area contributed by atoms with Gasteiger partial charge >= 0.3 is 0 Å². The number of fused-ring (bicyclic) bond motifs is 1. The number of aromatic nitrogens is 2. The van der Waals surface area contributed by atoms with Gasteiger partial charge in [-0.15, -0.1) is 0 Å². The number of carbonyl (C=O) groups excluding carboxylic acids is 1. The summed E-state index contributed by atoms with van der Waals surface area (Å²) in [5.74, 6) is 1.65. The molecule has 7 nitrogen and oxygen atoms in total. The summed E-state index contributed by atoms with van der Waals surface area (Å²) in [5, 5.41) is 6.65. The molecule has 1 aromatic heterocycles. The minimum absolute atomic E-state index is 0.244. The van der Waals surface area contributed by atoms with E-state index in [2.05, 4.69) is 20.6 Å². The number of ether oxygens (including phenoxy) is 2. The molecule has 8 heteroatoms. The third-order valence-corrected chi connectivity index (χ3v) is 4.78. The SMILES string of the molecule is Cc1cc(Cl)ccc1NC(=O)c1cnc(NCc2ccc3c(c2)OCO3)nc1C. The summed E-state index contributed by atoms with van der Waals surface area (Å²) in [6.45, 7) is 4.42. The van der Waals surface area contributed by atoms with Crippen molar-refractivity contribution in [3.8, 4) is 11.5 Å². The van der Waals surface area contributed by atoms with Crippen LogP contribution in [-0.2, 0) is 6.54 Å². The Hall–Kier alpha value is -3.32. The Morgan fingerprint density at radius 3 is 2.76 bits per heavy atom. The van der Waals surface area contributed by atoms with Gasteiger partial charge in [0.15, 0.2) is 11.5 Å². The van der Waals surface area contributed by atoms with Gasteiger partial charge in [-0.2, -0.15) is 0 Å². The molecule has 148 valence electrons. The molecule has 0 saturated carbocycles. The molecule has 0 aliphatic carbocycles. The van der Waals surface area contributed by atoms with Crippen LogP contribution in [0.4, 0.5) is 11.6 Å². The highest BCUT2D eigenvalue weighted by Gasteiger charge is 2.15. The fraction of sp³-hybridized carbons (Fsp3) is 0.190. The van der Waals surface area contributed by atoms with Crippen LogP contribution >= 0.6 is 11.6 Å². The number of amides is 1. The maximum absolute atomic E-state index is 12.6. The summed E-state index contributed by atoms with van der Waals surface area (Å²) >= 11 is 5.96. The lowest BCUT2D eigenvalue weighted by Gasteiger charge is -2.11. The molecule has 2 aromatic carbocycles. The first-order valence-corrected chi connectivity index (χ1v) is 9.41. The smallest absolute Gasteiger partial charge is 0.259 e. The third kappa shape index (κ3) is 4.25. The summed E-state index contributed by atoms with van der Waals surface area (Å²) in [6, 6.07) is 11.0. The lowest BCUT2D eigenvalue weighted by atomic mass is 10.1. The number of nitrogens with one attached hydrogen (secondary N) is 2. The fourth-order valence-electron chi connectivity index (χ4n) is 2.96. The summed E-state index contributed by atoms with van der Waals surface area (Å²) in [5.41, 5.74) is 3.58. The van der Waals surface area contributed by atoms with Gasteiger partial charge in [0.25, 0.3) is 5.91 Å². The number of halogens is 1. The van der Waals surface area contributed by atoms with Crippen molar-refractivity contribution in [2.45, 2.75) is 20.4 Å². The number of nitrogens with zero attached hydrogens (tertiary/aromatic N) is 2. The van der Waals surface area contributed by atoms with Crippen molar-refractivity contribution in [3.05, 3.63) is 70.0 Å². The Kier molecular flexibility index (Phi) is 5.22. The number of benzene rings is 2. The molecule has 1 aliphatic rings. The van der Waals surface area contributed by atoms with Crippen molar-refractivity contribution in [3.63, 3.8) is 0 Å². The van der Waals surface area contributed by atoms with E-state index in [0.717, 1.165) is 22.6 Å². The number of hydrogen-bond acceptors (Lipinski definition) is 6. The molecule has 0 radical (unpaired) electrons. The average Bonchev–Trinajstić information content (AvgIpc) is 3.16. The van der Waals surface area contributed by atoms with E-state index in [1.165, 1.54) is 6.20 Å². The maximum atomic E-state index is 12.6. The molecule has 2 N–H and O–H groups in total. The minimum Gasteiger partial charge on any atom is -0.454 e. The molecular formula is C21H19ClN4O3. The molecule has 0 spiro atoms. The van der Waals surface area contributed by atoms with Crippen LogP contribution < -0.4 is 20.1 Å². The van der Waals surface area contributed by atoms with Crippen molar-refractivity contribution < 1.29 is 14.3 Å². The van der Waals surface area contributed by atoms with Crippen molar-refractivity contribution in [2.24, 2.45) is 0 Å². The van der Waals surface area contributed by atoms with Crippen LogP contribution in [0.5, 0.6) is 11.5 Å². The molecule has 0 saturated heterocycles. The lowest BCUT2D eigenvalue weighted by molar-refractivity contribution is 0.102. The molecule has 3 aromatic rings. The van der Waals surface area contributed by atoms with Crippen LogP contribution in [0.3, 0.4) is 0 Å². The predicted octanol–water partition coefficient (Wildman–Crippen LogP) is 4.34. The van der Waals surface area contributed by atoms with E-state index in [1.54, 1.807) is 25.1 Å². The number of aryl methyl sites for hydroxylation is 2. The standard InChI is InChI=1S/C21H19ClN4O3/c1-12-7-15(22)4-5-17(12)26-20(27)16-10-24-21(25-13(16)2)23-9-14-3-6-18-19(8-14)29-11-28-18/h3-8,10H,9,11H2,1-2H3,(H,26,27)(H,23,24,25). The molecule has 29 heavy (non-hydrogen) atoms. The van der Waals surface area contributed by atoms with E-state index in [-0.39, 0.29) is 12.7 Å². The largest absolute Gasteiger partial charge is 0.454 e. The van der Waals surface area contributed by atoms with Gasteiger partial charge in [0.1, 0.15) is 0 Å². The number of rotatable bonds is 5. The van der Waals surface area contributed by atoms with Gasteiger partial charge < -0.3 is 20.1 Å². The summed E-state index contributed by atoms with van der Waals surface area (Å²) in [4.78, 5) is 21.3. The molecule has 0 bridgehead atoms. The van der Waals surface area contributed by atoms with E-state index in [1.807, 2.05) is 25.1 Å². The molecule has 0 unspecified atom stereocenters. The van der Waals surface area contributed by atoms with Gasteiger partial charge in [0.05, 0.1) is 11.3 Å².